The van der Waals surface area contributed by atoms with E-state index in [0.29, 0.717) is 0 Å². The summed E-state index contributed by atoms with van der Waals surface area (Å²) in [6.45, 7) is 1.27. The van der Waals surface area contributed by atoms with Gasteiger partial charge >= 0.3 is 17.9 Å². The van der Waals surface area contributed by atoms with Crippen molar-refractivity contribution in [1.29, 1.82) is 0 Å². The summed E-state index contributed by atoms with van der Waals surface area (Å²) in [7, 11) is 0. The fourth-order valence-corrected chi connectivity index (χ4v) is 13.9. The fourth-order valence-electron chi connectivity index (χ4n) is 13.9. The number of nitrogens with zero attached hydrogens (tertiary/aromatic N) is 3. The van der Waals surface area contributed by atoms with Crippen molar-refractivity contribution in [2.45, 2.75) is 45.8 Å². The van der Waals surface area contributed by atoms with E-state index in [1.807, 2.05) is 79.7 Å². The molecule has 15 aromatic rings. The Morgan fingerprint density at radius 2 is 0.515 bits per heavy atom. The molecule has 0 saturated carbocycles. The van der Waals surface area contributed by atoms with Crippen molar-refractivity contribution < 1.29 is 57.5 Å². The van der Waals surface area contributed by atoms with Crippen molar-refractivity contribution in [2.75, 3.05) is 39.6 Å². The van der Waals surface area contributed by atoms with Crippen LogP contribution in [-0.2, 0) is 62.7 Å². The molecule has 0 unspecified atom stereocenters. The molecule has 15 heteroatoms. The second-order valence-corrected chi connectivity index (χ2v) is 26.0. The number of hydroxylamine groups is 6. The monoisotopic (exact) mass is 1340 g/mol. The first-order valence-electron chi connectivity index (χ1n) is 33.8. The minimum atomic E-state index is -0.987. The van der Waals surface area contributed by atoms with Crippen LogP contribution >= 0.6 is 0 Å². The van der Waals surface area contributed by atoms with Crippen LogP contribution in [0.5, 0.6) is 0 Å². The third-order valence-corrected chi connectivity index (χ3v) is 19.0. The maximum absolute atomic E-state index is 14.6. The molecule has 0 heterocycles. The lowest BCUT2D eigenvalue weighted by Crippen LogP contribution is -2.37. The maximum atomic E-state index is 14.6. The Hall–Kier alpha value is -11.9. The number of carbonyl (C=O) groups is 6. The number of benzene rings is 15. The summed E-state index contributed by atoms with van der Waals surface area (Å²) in [6, 6.07) is 80.8. The zero-order valence-corrected chi connectivity index (χ0v) is 55.5. The van der Waals surface area contributed by atoms with Crippen molar-refractivity contribution in [2.24, 2.45) is 5.41 Å². The molecule has 0 atom stereocenters. The predicted octanol–water partition coefficient (Wildman–Crippen LogP) is 17.3. The van der Waals surface area contributed by atoms with E-state index < -0.39 is 41.0 Å². The standard InChI is InChI=1S/C86H69N3O12/c1-86(53-96-47-44-74(90)87(99-83(93)65-14-5-2-6-15-65)50-68-35-32-62-29-26-56-20-11-23-59-38-41-71(68)80(62)77(56)59,54-97-48-45-75(91)88(100-84(94)66-16-7-3-8-17-66)51-69-36-33-63-30-27-57-21-12-24-60-39-42-72(69)81(63)78(57)60)55-98-49-46-76(92)89(101-85(95)67-18-9-4-10-19-67)52-70-37-34-64-31-28-58-22-13-25-61-40-43-73(70)82(64)79(58)61/h2-43H,44-55H2,1H3. The van der Waals surface area contributed by atoms with Gasteiger partial charge in [-0.25, -0.2) is 14.4 Å². The molecule has 500 valence electrons. The van der Waals surface area contributed by atoms with Gasteiger partial charge in [-0.15, -0.1) is 0 Å². The largest absolute Gasteiger partial charge is 0.380 e. The Morgan fingerprint density at radius 3 is 0.782 bits per heavy atom. The minimum absolute atomic E-state index is 0.0358. The van der Waals surface area contributed by atoms with E-state index >= 15 is 0 Å². The van der Waals surface area contributed by atoms with Crippen molar-refractivity contribution in [1.82, 2.24) is 15.2 Å². The highest BCUT2D eigenvalue weighted by molar-refractivity contribution is 6.26. The lowest BCUT2D eigenvalue weighted by atomic mass is 9.92. The summed E-state index contributed by atoms with van der Waals surface area (Å²) >= 11 is 0. The predicted molar refractivity (Wildman–Crippen MR) is 392 cm³/mol. The molecule has 0 fully saturated rings. The molecule has 0 bridgehead atoms. The Labute approximate surface area is 581 Å². The first kappa shape index (κ1) is 65.1. The first-order valence-corrected chi connectivity index (χ1v) is 33.8. The van der Waals surface area contributed by atoms with Crippen LogP contribution in [-0.4, -0.2) is 90.5 Å². The van der Waals surface area contributed by atoms with E-state index in [9.17, 15) is 28.8 Å². The molecule has 3 amide bonds. The molecule has 0 aromatic heterocycles. The van der Waals surface area contributed by atoms with Gasteiger partial charge in [0.25, 0.3) is 17.7 Å². The SMILES string of the molecule is CC(COCCC(=O)N(Cc1ccc2ccc3cccc4ccc1c2c34)OC(=O)c1ccccc1)(COCCC(=O)N(Cc1ccc2ccc3cccc4ccc1c2c34)OC(=O)c1ccccc1)COCCC(=O)N(Cc1ccc2ccc3cccc4ccc1c2c34)OC(=O)c1ccccc1. The van der Waals surface area contributed by atoms with Crippen molar-refractivity contribution in [3.63, 3.8) is 0 Å². The molecule has 0 aliphatic carbocycles. The second kappa shape index (κ2) is 28.5. The summed E-state index contributed by atoms with van der Waals surface area (Å²) < 4.78 is 19.2. The molecule has 0 spiro atoms. The highest BCUT2D eigenvalue weighted by atomic mass is 16.7. The molecule has 15 aromatic carbocycles. The van der Waals surface area contributed by atoms with E-state index in [-0.39, 0.29) is 95.2 Å². The molecule has 0 radical (unpaired) electrons. The van der Waals surface area contributed by atoms with Crippen LogP contribution in [0.4, 0.5) is 0 Å². The molecule has 0 saturated heterocycles. The number of ether oxygens (including phenoxy) is 3. The van der Waals surface area contributed by atoms with Gasteiger partial charge in [0, 0.05) is 5.41 Å². The third-order valence-electron chi connectivity index (χ3n) is 19.0. The van der Waals surface area contributed by atoms with Crippen LogP contribution in [0.3, 0.4) is 0 Å². The summed E-state index contributed by atoms with van der Waals surface area (Å²) in [5, 5.41) is 22.2. The van der Waals surface area contributed by atoms with Crippen LogP contribution in [0.25, 0.3) is 97.0 Å². The average Bonchev–Trinajstić information content (AvgIpc) is 0.755. The quantitative estimate of drug-likeness (QED) is 0.0319. The molecular weight excluding hydrogens is 1270 g/mol. The topological polar surface area (TPSA) is 168 Å². The third kappa shape index (κ3) is 13.6. The molecular formula is C86H69N3O12. The van der Waals surface area contributed by atoms with Crippen LogP contribution in [0.15, 0.2) is 255 Å². The molecule has 0 N–H and O–H groups in total. The zero-order valence-electron chi connectivity index (χ0n) is 55.5. The van der Waals surface area contributed by atoms with Gasteiger partial charge in [0.15, 0.2) is 0 Å². The van der Waals surface area contributed by atoms with E-state index in [4.69, 9.17) is 28.7 Å². The Kier molecular flexibility index (Phi) is 18.4. The Bertz CT molecular complexity index is 4980. The normalized spacial score (nSPS) is 11.9. The summed E-state index contributed by atoms with van der Waals surface area (Å²) in [5.74, 6) is -3.63. The highest BCUT2D eigenvalue weighted by Gasteiger charge is 2.30. The summed E-state index contributed by atoms with van der Waals surface area (Å²) in [4.78, 5) is 103. The Morgan fingerprint density at radius 1 is 0.277 bits per heavy atom. The van der Waals surface area contributed by atoms with Crippen molar-refractivity contribution in [3.8, 4) is 0 Å². The molecule has 15 nitrogen and oxygen atoms in total. The van der Waals surface area contributed by atoms with Crippen molar-refractivity contribution in [3.05, 3.63) is 288 Å². The number of amides is 3. The van der Waals surface area contributed by atoms with Gasteiger partial charge in [-0.05, 0) is 150 Å². The molecule has 101 heavy (non-hydrogen) atoms. The number of rotatable bonds is 24. The summed E-state index contributed by atoms with van der Waals surface area (Å²) in [5.41, 5.74) is 2.15. The number of hydrogen-bond acceptors (Lipinski definition) is 12. The van der Waals surface area contributed by atoms with Gasteiger partial charge in [-0.3, -0.25) is 14.4 Å². The van der Waals surface area contributed by atoms with E-state index in [1.54, 1.807) is 91.0 Å². The van der Waals surface area contributed by atoms with Crippen LogP contribution < -0.4 is 0 Å². The molecule has 0 aliphatic heterocycles. The maximum Gasteiger partial charge on any atom is 0.363 e. The van der Waals surface area contributed by atoms with Crippen LogP contribution in [0.2, 0.25) is 0 Å². The number of carbonyl (C=O) groups excluding carboxylic acids is 6. The lowest BCUT2D eigenvalue weighted by molar-refractivity contribution is -0.172. The molecule has 15 rings (SSSR count). The lowest BCUT2D eigenvalue weighted by Gasteiger charge is -2.29. The first-order chi connectivity index (χ1) is 49.4. The zero-order chi connectivity index (χ0) is 69.0. The van der Waals surface area contributed by atoms with Gasteiger partial charge in [-0.1, -0.05) is 225 Å². The Balaban J connectivity index is 0.662. The van der Waals surface area contributed by atoms with Gasteiger partial charge in [0.05, 0.1) is 95.2 Å². The summed E-state index contributed by atoms with van der Waals surface area (Å²) in [6.07, 6.45) is -0.577. The van der Waals surface area contributed by atoms with E-state index in [0.717, 1.165) is 129 Å². The van der Waals surface area contributed by atoms with Gasteiger partial charge in [0.1, 0.15) is 0 Å². The number of hydrogen-bond donors (Lipinski definition) is 0. The highest BCUT2D eigenvalue weighted by Crippen LogP contribution is 2.40. The smallest absolute Gasteiger partial charge is 0.363 e. The van der Waals surface area contributed by atoms with E-state index in [1.165, 1.54) is 0 Å². The fraction of sp³-hybridized carbons (Fsp3) is 0.163. The van der Waals surface area contributed by atoms with Gasteiger partial charge < -0.3 is 28.7 Å². The van der Waals surface area contributed by atoms with Crippen molar-refractivity contribution >= 4 is 133 Å². The van der Waals surface area contributed by atoms with Crippen LogP contribution in [0.1, 0.15) is 74.0 Å². The van der Waals surface area contributed by atoms with E-state index in [2.05, 4.69) is 91.0 Å². The molecule has 0 aliphatic rings. The van der Waals surface area contributed by atoms with Gasteiger partial charge in [-0.2, -0.15) is 15.2 Å². The van der Waals surface area contributed by atoms with Crippen LogP contribution in [0, 0.1) is 5.41 Å². The second-order valence-electron chi connectivity index (χ2n) is 26.0. The van der Waals surface area contributed by atoms with Gasteiger partial charge in [0.2, 0.25) is 0 Å². The average molecular weight is 1340 g/mol. The minimum Gasteiger partial charge on any atom is -0.380 e.